The first-order chi connectivity index (χ1) is 8.58. The molecule has 0 aromatic carbocycles. The minimum Gasteiger partial charge on any atom is -0.377 e. The Balaban J connectivity index is 1.71. The molecule has 2 rings (SSSR count). The second kappa shape index (κ2) is 5.99. The Morgan fingerprint density at radius 2 is 2.11 bits per heavy atom. The van der Waals surface area contributed by atoms with E-state index in [9.17, 15) is 4.79 Å². The van der Waals surface area contributed by atoms with Gasteiger partial charge in [0.05, 0.1) is 12.2 Å². The second-order valence-electron chi connectivity index (χ2n) is 5.44. The molecule has 4 atom stereocenters. The summed E-state index contributed by atoms with van der Waals surface area (Å²) >= 11 is 0. The van der Waals surface area contributed by atoms with Crippen LogP contribution in [0, 0.1) is 0 Å². The van der Waals surface area contributed by atoms with Crippen molar-refractivity contribution in [2.75, 3.05) is 27.2 Å². The van der Waals surface area contributed by atoms with Crippen LogP contribution in [0.1, 0.15) is 26.2 Å². The highest BCUT2D eigenvalue weighted by Crippen LogP contribution is 2.21. The Bertz CT molecular complexity index is 296. The molecule has 2 saturated heterocycles. The molecule has 2 aliphatic heterocycles. The van der Waals surface area contributed by atoms with Crippen LogP contribution in [0.5, 0.6) is 0 Å². The molecule has 18 heavy (non-hydrogen) atoms. The van der Waals surface area contributed by atoms with Gasteiger partial charge in [-0.15, -0.1) is 0 Å². The third kappa shape index (κ3) is 3.22. The normalized spacial score (nSPS) is 35.9. The fourth-order valence-corrected chi connectivity index (χ4v) is 2.61. The van der Waals surface area contributed by atoms with Gasteiger partial charge in [-0.05, 0) is 26.2 Å². The molecule has 0 aliphatic carbocycles. The number of hydrogen-bond donors (Lipinski definition) is 1. The second-order valence-corrected chi connectivity index (χ2v) is 5.44. The summed E-state index contributed by atoms with van der Waals surface area (Å²) in [6, 6.07) is 0.428. The fraction of sp³-hybridized carbons (Fsp3) is 0.923. The molecule has 0 saturated carbocycles. The van der Waals surface area contributed by atoms with Gasteiger partial charge < -0.3 is 19.7 Å². The van der Waals surface area contributed by atoms with E-state index in [1.54, 1.807) is 19.0 Å². The molecular weight excluding hydrogens is 232 g/mol. The Kier molecular flexibility index (Phi) is 4.59. The summed E-state index contributed by atoms with van der Waals surface area (Å²) in [5, 5.41) is 3.49. The van der Waals surface area contributed by atoms with Gasteiger partial charge in [-0.3, -0.25) is 4.79 Å². The van der Waals surface area contributed by atoms with Crippen molar-refractivity contribution < 1.29 is 14.3 Å². The van der Waals surface area contributed by atoms with Crippen molar-refractivity contribution >= 4 is 5.91 Å². The van der Waals surface area contributed by atoms with Crippen LogP contribution < -0.4 is 5.32 Å². The van der Waals surface area contributed by atoms with Gasteiger partial charge >= 0.3 is 0 Å². The number of likely N-dealkylation sites (N-methyl/N-ethyl adjacent to an activating group) is 1. The van der Waals surface area contributed by atoms with Crippen molar-refractivity contribution in [2.45, 2.75) is 50.5 Å². The Labute approximate surface area is 109 Å². The summed E-state index contributed by atoms with van der Waals surface area (Å²) in [4.78, 5) is 13.4. The average Bonchev–Trinajstić information content (AvgIpc) is 2.94. The van der Waals surface area contributed by atoms with Gasteiger partial charge in [0.15, 0.2) is 0 Å². The van der Waals surface area contributed by atoms with Crippen molar-refractivity contribution in [3.8, 4) is 0 Å². The number of hydrogen-bond acceptors (Lipinski definition) is 4. The number of amides is 1. The van der Waals surface area contributed by atoms with Gasteiger partial charge in [-0.2, -0.15) is 0 Å². The van der Waals surface area contributed by atoms with Gasteiger partial charge in [-0.25, -0.2) is 0 Å². The lowest BCUT2D eigenvalue weighted by atomic mass is 10.1. The minimum atomic E-state index is -0.246. The first-order valence-corrected chi connectivity index (χ1v) is 6.79. The number of carbonyl (C=O) groups excluding carboxylic acids is 1. The maximum Gasteiger partial charge on any atom is 0.251 e. The lowest BCUT2D eigenvalue weighted by molar-refractivity contribution is -0.140. The molecule has 104 valence electrons. The van der Waals surface area contributed by atoms with Crippen molar-refractivity contribution in [3.05, 3.63) is 0 Å². The maximum absolute atomic E-state index is 11.8. The van der Waals surface area contributed by atoms with E-state index in [0.717, 1.165) is 32.4 Å². The quantitative estimate of drug-likeness (QED) is 0.790. The summed E-state index contributed by atoms with van der Waals surface area (Å²) in [5.74, 6) is 0.0788. The highest BCUT2D eigenvalue weighted by molar-refractivity contribution is 5.80. The van der Waals surface area contributed by atoms with Gasteiger partial charge in [0.25, 0.3) is 5.91 Å². The Hall–Kier alpha value is -0.650. The molecule has 0 bridgehead atoms. The van der Waals surface area contributed by atoms with Gasteiger partial charge in [0.1, 0.15) is 6.10 Å². The molecular formula is C13H24N2O3. The third-order valence-electron chi connectivity index (χ3n) is 3.81. The number of nitrogens with zero attached hydrogens (tertiary/aromatic N) is 1. The standard InChI is InChI=1S/C13H24N2O3/c1-9-11(6-7-17-9)14-8-10-4-5-12(18-10)13(16)15(2)3/h9-12,14H,4-8H2,1-3H3/t9-,10-,11-,12+/m0/s1. The average molecular weight is 256 g/mol. The molecule has 0 unspecified atom stereocenters. The lowest BCUT2D eigenvalue weighted by Gasteiger charge is -2.20. The van der Waals surface area contributed by atoms with E-state index in [2.05, 4.69) is 12.2 Å². The number of rotatable bonds is 4. The fourth-order valence-electron chi connectivity index (χ4n) is 2.61. The molecule has 0 aromatic rings. The van der Waals surface area contributed by atoms with Crippen LogP contribution in [-0.4, -0.2) is 62.4 Å². The van der Waals surface area contributed by atoms with E-state index in [0.29, 0.717) is 6.04 Å². The largest absolute Gasteiger partial charge is 0.377 e. The molecule has 1 amide bonds. The van der Waals surface area contributed by atoms with E-state index in [1.165, 1.54) is 0 Å². The van der Waals surface area contributed by atoms with Crippen LogP contribution >= 0.6 is 0 Å². The highest BCUT2D eigenvalue weighted by Gasteiger charge is 2.32. The lowest BCUT2D eigenvalue weighted by Crippen LogP contribution is -2.40. The molecule has 0 radical (unpaired) electrons. The van der Waals surface area contributed by atoms with Gasteiger partial charge in [-0.1, -0.05) is 0 Å². The van der Waals surface area contributed by atoms with E-state index in [4.69, 9.17) is 9.47 Å². The van der Waals surface area contributed by atoms with Gasteiger partial charge in [0.2, 0.25) is 0 Å². The third-order valence-corrected chi connectivity index (χ3v) is 3.81. The zero-order chi connectivity index (χ0) is 13.1. The molecule has 5 nitrogen and oxygen atoms in total. The monoisotopic (exact) mass is 256 g/mol. The van der Waals surface area contributed by atoms with E-state index >= 15 is 0 Å². The van der Waals surface area contributed by atoms with Crippen LogP contribution in [-0.2, 0) is 14.3 Å². The molecule has 0 spiro atoms. The Morgan fingerprint density at radius 3 is 2.72 bits per heavy atom. The summed E-state index contributed by atoms with van der Waals surface area (Å²) < 4.78 is 11.3. The smallest absolute Gasteiger partial charge is 0.251 e. The number of carbonyl (C=O) groups is 1. The van der Waals surface area contributed by atoms with Crippen LogP contribution in [0.15, 0.2) is 0 Å². The maximum atomic E-state index is 11.8. The predicted molar refractivity (Wildman–Crippen MR) is 68.4 cm³/mol. The minimum absolute atomic E-state index is 0.0788. The van der Waals surface area contributed by atoms with Crippen LogP contribution in [0.2, 0.25) is 0 Å². The molecule has 5 heteroatoms. The SMILES string of the molecule is C[C@@H]1OCC[C@@H]1NC[C@@H]1CC[C@H](C(=O)N(C)C)O1. The first-order valence-electron chi connectivity index (χ1n) is 6.79. The first kappa shape index (κ1) is 13.8. The van der Waals surface area contributed by atoms with E-state index in [1.807, 2.05) is 0 Å². The van der Waals surface area contributed by atoms with Crippen LogP contribution in [0.4, 0.5) is 0 Å². The molecule has 1 N–H and O–H groups in total. The summed E-state index contributed by atoms with van der Waals surface area (Å²) in [7, 11) is 3.55. The summed E-state index contributed by atoms with van der Waals surface area (Å²) in [6.45, 7) is 3.75. The van der Waals surface area contributed by atoms with Crippen molar-refractivity contribution in [1.82, 2.24) is 10.2 Å². The zero-order valence-electron chi connectivity index (χ0n) is 11.5. The van der Waals surface area contributed by atoms with E-state index in [-0.39, 0.29) is 24.2 Å². The molecule has 2 heterocycles. The summed E-state index contributed by atoms with van der Waals surface area (Å²) in [5.41, 5.74) is 0. The van der Waals surface area contributed by atoms with Gasteiger partial charge in [0, 0.05) is 33.3 Å². The Morgan fingerprint density at radius 1 is 1.33 bits per heavy atom. The van der Waals surface area contributed by atoms with Crippen molar-refractivity contribution in [2.24, 2.45) is 0 Å². The topological polar surface area (TPSA) is 50.8 Å². The van der Waals surface area contributed by atoms with Crippen molar-refractivity contribution in [1.29, 1.82) is 0 Å². The number of nitrogens with one attached hydrogen (secondary N) is 1. The van der Waals surface area contributed by atoms with E-state index < -0.39 is 0 Å². The highest BCUT2D eigenvalue weighted by atomic mass is 16.5. The van der Waals surface area contributed by atoms with Crippen molar-refractivity contribution in [3.63, 3.8) is 0 Å². The molecule has 2 aliphatic rings. The zero-order valence-corrected chi connectivity index (χ0v) is 11.5. The predicted octanol–water partition coefficient (Wildman–Crippen LogP) is 0.389. The molecule has 0 aromatic heterocycles. The summed E-state index contributed by atoms with van der Waals surface area (Å²) in [6.07, 6.45) is 3.05. The molecule has 2 fully saturated rings. The van der Waals surface area contributed by atoms with Crippen LogP contribution in [0.3, 0.4) is 0 Å². The number of ether oxygens (including phenoxy) is 2. The van der Waals surface area contributed by atoms with Crippen LogP contribution in [0.25, 0.3) is 0 Å².